The zero-order valence-corrected chi connectivity index (χ0v) is 12.6. The number of aryl methyl sites for hydroxylation is 1. The third kappa shape index (κ3) is 3.68. The molecule has 0 fully saturated rings. The Morgan fingerprint density at radius 2 is 2.19 bits per heavy atom. The van der Waals surface area contributed by atoms with Crippen LogP contribution in [-0.4, -0.2) is 22.7 Å². The topological polar surface area (TPSA) is 65.2 Å². The normalized spacial score (nSPS) is 12.1. The number of rotatable bonds is 6. The van der Waals surface area contributed by atoms with Gasteiger partial charge in [0, 0.05) is 5.56 Å². The Morgan fingerprint density at radius 3 is 2.86 bits per heavy atom. The number of carbonyl (C=O) groups excluding carboxylic acids is 1. The Kier molecular flexibility index (Phi) is 5.09. The highest BCUT2D eigenvalue weighted by atomic mass is 16.5. The van der Waals surface area contributed by atoms with Crippen LogP contribution < -0.4 is 0 Å². The molecule has 5 heteroatoms. The lowest BCUT2D eigenvalue weighted by Crippen LogP contribution is -2.16. The van der Waals surface area contributed by atoms with Crippen LogP contribution in [0.15, 0.2) is 28.8 Å². The van der Waals surface area contributed by atoms with Gasteiger partial charge < -0.3 is 9.26 Å². The Labute approximate surface area is 124 Å². The van der Waals surface area contributed by atoms with Gasteiger partial charge in [-0.05, 0) is 26.3 Å². The highest BCUT2D eigenvalue weighted by Crippen LogP contribution is 2.24. The van der Waals surface area contributed by atoms with Crippen molar-refractivity contribution in [2.24, 2.45) is 0 Å². The summed E-state index contributed by atoms with van der Waals surface area (Å²) in [7, 11) is 0. The minimum atomic E-state index is -0.485. The van der Waals surface area contributed by atoms with E-state index in [0.29, 0.717) is 24.7 Å². The summed E-state index contributed by atoms with van der Waals surface area (Å²) in [5.41, 5.74) is 2.00. The predicted octanol–water partition coefficient (Wildman–Crippen LogP) is 3.49. The lowest BCUT2D eigenvalue weighted by molar-refractivity contribution is -0.145. The van der Waals surface area contributed by atoms with Crippen LogP contribution in [0, 0.1) is 6.92 Å². The van der Waals surface area contributed by atoms with Gasteiger partial charge in [0.2, 0.25) is 11.7 Å². The van der Waals surface area contributed by atoms with E-state index in [-0.39, 0.29) is 5.97 Å². The highest BCUT2D eigenvalue weighted by Gasteiger charge is 2.27. The molecule has 1 aromatic carbocycles. The van der Waals surface area contributed by atoms with E-state index in [2.05, 4.69) is 10.1 Å². The minimum Gasteiger partial charge on any atom is -0.465 e. The Hall–Kier alpha value is -2.17. The van der Waals surface area contributed by atoms with E-state index >= 15 is 0 Å². The number of esters is 1. The summed E-state index contributed by atoms with van der Waals surface area (Å²) in [5.74, 6) is 0.0331. The Morgan fingerprint density at radius 1 is 1.38 bits per heavy atom. The number of aromatic nitrogens is 2. The van der Waals surface area contributed by atoms with E-state index in [1.54, 1.807) is 6.92 Å². The fourth-order valence-electron chi connectivity index (χ4n) is 2.15. The van der Waals surface area contributed by atoms with E-state index in [0.717, 1.165) is 17.5 Å². The van der Waals surface area contributed by atoms with E-state index in [1.165, 1.54) is 0 Å². The van der Waals surface area contributed by atoms with Crippen LogP contribution in [-0.2, 0) is 9.53 Å². The predicted molar refractivity (Wildman–Crippen MR) is 78.8 cm³/mol. The summed E-state index contributed by atoms with van der Waals surface area (Å²) in [6.45, 7) is 6.14. The van der Waals surface area contributed by atoms with E-state index in [9.17, 15) is 4.79 Å². The van der Waals surface area contributed by atoms with Gasteiger partial charge in [-0.15, -0.1) is 0 Å². The van der Waals surface area contributed by atoms with E-state index in [4.69, 9.17) is 9.26 Å². The molecular formula is C16H20N2O3. The monoisotopic (exact) mass is 288 g/mol. The van der Waals surface area contributed by atoms with Crippen molar-refractivity contribution < 1.29 is 14.1 Å². The number of ether oxygens (including phenoxy) is 1. The summed E-state index contributed by atoms with van der Waals surface area (Å²) in [5, 5.41) is 3.98. The van der Waals surface area contributed by atoms with Gasteiger partial charge in [-0.1, -0.05) is 42.3 Å². The lowest BCUT2D eigenvalue weighted by atomic mass is 10.0. The van der Waals surface area contributed by atoms with Gasteiger partial charge in [0.05, 0.1) is 6.61 Å². The molecule has 1 aromatic heterocycles. The summed E-state index contributed by atoms with van der Waals surface area (Å²) >= 11 is 0. The van der Waals surface area contributed by atoms with Gasteiger partial charge in [0.25, 0.3) is 0 Å². The fraction of sp³-hybridized carbons (Fsp3) is 0.438. The van der Waals surface area contributed by atoms with Crippen LogP contribution in [0.4, 0.5) is 0 Å². The standard InChI is InChI=1S/C16H20N2O3/c1-4-7-13(16(19)20-5-2)15-17-14(18-21-15)12-9-6-8-11(3)10-12/h6,8-10,13H,4-5,7H2,1-3H3. The van der Waals surface area contributed by atoms with Crippen LogP contribution >= 0.6 is 0 Å². The zero-order valence-electron chi connectivity index (χ0n) is 12.6. The van der Waals surface area contributed by atoms with Gasteiger partial charge in [-0.2, -0.15) is 4.98 Å². The second-order valence-corrected chi connectivity index (χ2v) is 4.92. The maximum absolute atomic E-state index is 12.0. The summed E-state index contributed by atoms with van der Waals surface area (Å²) in [6.07, 6.45) is 1.47. The largest absolute Gasteiger partial charge is 0.465 e. The zero-order chi connectivity index (χ0) is 15.2. The molecule has 0 spiro atoms. The summed E-state index contributed by atoms with van der Waals surface area (Å²) in [4.78, 5) is 16.3. The molecule has 1 unspecified atom stereocenters. The second-order valence-electron chi connectivity index (χ2n) is 4.92. The van der Waals surface area contributed by atoms with E-state index in [1.807, 2.05) is 38.1 Å². The molecule has 0 amide bonds. The van der Waals surface area contributed by atoms with Crippen molar-refractivity contribution in [3.8, 4) is 11.4 Å². The molecule has 0 N–H and O–H groups in total. The first kappa shape index (κ1) is 15.2. The molecule has 2 aromatic rings. The maximum atomic E-state index is 12.0. The van der Waals surface area contributed by atoms with Crippen molar-refractivity contribution >= 4 is 5.97 Å². The van der Waals surface area contributed by atoms with Crippen molar-refractivity contribution in [1.29, 1.82) is 0 Å². The minimum absolute atomic E-state index is 0.307. The second kappa shape index (κ2) is 7.02. The Bertz CT molecular complexity index is 607. The van der Waals surface area contributed by atoms with E-state index < -0.39 is 5.92 Å². The molecule has 2 rings (SSSR count). The van der Waals surface area contributed by atoms with Gasteiger partial charge in [-0.25, -0.2) is 0 Å². The summed E-state index contributed by atoms with van der Waals surface area (Å²) < 4.78 is 10.4. The number of hydrogen-bond donors (Lipinski definition) is 0. The quantitative estimate of drug-likeness (QED) is 0.761. The SMILES string of the molecule is CCCC(C(=O)OCC)c1nc(-c2cccc(C)c2)no1. The van der Waals surface area contributed by atoms with Crippen LogP contribution in [0.5, 0.6) is 0 Å². The first-order valence-corrected chi connectivity index (χ1v) is 7.23. The average Bonchev–Trinajstić information content (AvgIpc) is 2.94. The molecule has 0 bridgehead atoms. The number of hydrogen-bond acceptors (Lipinski definition) is 5. The highest BCUT2D eigenvalue weighted by molar-refractivity contribution is 5.77. The number of benzene rings is 1. The molecule has 1 heterocycles. The van der Waals surface area contributed by atoms with Crippen LogP contribution in [0.3, 0.4) is 0 Å². The molecule has 0 saturated carbocycles. The van der Waals surface area contributed by atoms with Crippen molar-refractivity contribution in [2.45, 2.75) is 39.5 Å². The van der Waals surface area contributed by atoms with Gasteiger partial charge in [0.1, 0.15) is 5.92 Å². The molecule has 112 valence electrons. The summed E-state index contributed by atoms with van der Waals surface area (Å²) in [6, 6.07) is 7.84. The molecule has 0 aliphatic heterocycles. The molecule has 0 aliphatic carbocycles. The molecule has 0 saturated heterocycles. The molecule has 0 aliphatic rings. The van der Waals surface area contributed by atoms with Crippen molar-refractivity contribution in [2.75, 3.05) is 6.61 Å². The molecular weight excluding hydrogens is 268 g/mol. The van der Waals surface area contributed by atoms with Gasteiger partial charge >= 0.3 is 5.97 Å². The molecule has 1 atom stereocenters. The Balaban J connectivity index is 2.26. The third-order valence-corrected chi connectivity index (χ3v) is 3.16. The van der Waals surface area contributed by atoms with Crippen LogP contribution in [0.2, 0.25) is 0 Å². The third-order valence-electron chi connectivity index (χ3n) is 3.16. The van der Waals surface area contributed by atoms with Gasteiger partial charge in [0.15, 0.2) is 0 Å². The number of carbonyl (C=O) groups is 1. The van der Waals surface area contributed by atoms with Gasteiger partial charge in [-0.3, -0.25) is 4.79 Å². The maximum Gasteiger partial charge on any atom is 0.318 e. The van der Waals surface area contributed by atoms with Crippen molar-refractivity contribution in [3.63, 3.8) is 0 Å². The smallest absolute Gasteiger partial charge is 0.318 e. The first-order chi connectivity index (χ1) is 10.2. The average molecular weight is 288 g/mol. The molecule has 0 radical (unpaired) electrons. The molecule has 21 heavy (non-hydrogen) atoms. The van der Waals surface area contributed by atoms with Crippen molar-refractivity contribution in [3.05, 3.63) is 35.7 Å². The lowest BCUT2D eigenvalue weighted by Gasteiger charge is -2.09. The number of nitrogens with zero attached hydrogens (tertiary/aromatic N) is 2. The van der Waals surface area contributed by atoms with Crippen molar-refractivity contribution in [1.82, 2.24) is 10.1 Å². The van der Waals surface area contributed by atoms with Crippen LogP contribution in [0.25, 0.3) is 11.4 Å². The molecule has 5 nitrogen and oxygen atoms in total. The fourth-order valence-corrected chi connectivity index (χ4v) is 2.15. The first-order valence-electron chi connectivity index (χ1n) is 7.23. The van der Waals surface area contributed by atoms with Crippen LogP contribution in [0.1, 0.15) is 44.1 Å².